The maximum atomic E-state index is 15.8. The van der Waals surface area contributed by atoms with Crippen LogP contribution in [0.5, 0.6) is 5.75 Å². The zero-order chi connectivity index (χ0) is 31.8. The maximum absolute atomic E-state index is 15.8. The van der Waals surface area contributed by atoms with Crippen LogP contribution in [0.25, 0.3) is 17.0 Å². The highest BCUT2D eigenvalue weighted by Gasteiger charge is 2.53. The van der Waals surface area contributed by atoms with Gasteiger partial charge in [-0.05, 0) is 0 Å². The molecule has 240 valence electrons. The average Bonchev–Trinajstić information content (AvgIpc) is 3.72. The van der Waals surface area contributed by atoms with Crippen LogP contribution in [0.1, 0.15) is 5.76 Å². The number of aromatic amines is 1. The monoisotopic (exact) mass is 678 g/mol. The molecule has 1 unspecified atom stereocenters. The minimum Gasteiger partial charge on any atom is -0.435 e. The fourth-order valence-corrected chi connectivity index (χ4v) is 6.18. The third kappa shape index (κ3) is 5.00. The van der Waals surface area contributed by atoms with Crippen molar-refractivity contribution in [2.24, 2.45) is 5.73 Å². The van der Waals surface area contributed by atoms with E-state index in [0.29, 0.717) is 17.8 Å². The first-order valence-electron chi connectivity index (χ1n) is 12.5. The van der Waals surface area contributed by atoms with Crippen molar-refractivity contribution in [2.45, 2.75) is 18.9 Å². The van der Waals surface area contributed by atoms with Gasteiger partial charge in [0.2, 0.25) is 23.8 Å². The van der Waals surface area contributed by atoms with Gasteiger partial charge >= 0.3 is 16.3 Å². The van der Waals surface area contributed by atoms with E-state index in [2.05, 4.69) is 30.9 Å². The summed E-state index contributed by atoms with van der Waals surface area (Å²) in [6.07, 6.45) is -1.84. The molecular formula is C20H22F2N10O11P2+2. The number of halogens is 2. The molecule has 0 saturated carbocycles. The van der Waals surface area contributed by atoms with Crippen molar-refractivity contribution in [1.82, 2.24) is 35.5 Å². The lowest BCUT2D eigenvalue weighted by Gasteiger charge is -2.28. The second kappa shape index (κ2) is 10.3. The van der Waals surface area contributed by atoms with Gasteiger partial charge in [0.05, 0.1) is 19.0 Å². The number of ether oxygens (including phenoxy) is 1. The van der Waals surface area contributed by atoms with E-state index in [1.807, 2.05) is 0 Å². The fourth-order valence-electron chi connectivity index (χ4n) is 4.72. The molecule has 21 nitrogen and oxygen atoms in total. The molecule has 7 rings (SSSR count). The van der Waals surface area contributed by atoms with Crippen molar-refractivity contribution in [3.05, 3.63) is 57.6 Å². The number of anilines is 2. The van der Waals surface area contributed by atoms with Crippen molar-refractivity contribution >= 4 is 45.2 Å². The molecule has 7 heterocycles. The van der Waals surface area contributed by atoms with Gasteiger partial charge in [-0.3, -0.25) is 24.1 Å². The quantitative estimate of drug-likeness (QED) is 0.141. The number of alkyl halides is 1. The van der Waals surface area contributed by atoms with E-state index in [0.717, 1.165) is 10.9 Å². The Bertz CT molecular complexity index is 1870. The van der Waals surface area contributed by atoms with E-state index in [9.17, 15) is 24.4 Å². The van der Waals surface area contributed by atoms with Gasteiger partial charge in [0.25, 0.3) is 23.0 Å². The summed E-state index contributed by atoms with van der Waals surface area (Å²) in [5, 5.41) is 8.85. The molecule has 2 atom stereocenters. The largest absolute Gasteiger partial charge is 0.663 e. The van der Waals surface area contributed by atoms with Crippen LogP contribution in [-0.2, 0) is 24.9 Å². The average molecular weight is 678 g/mol. The van der Waals surface area contributed by atoms with Gasteiger partial charge in [-0.1, -0.05) is 0 Å². The minimum atomic E-state index is -5.08. The minimum absolute atomic E-state index is 0.0256. The summed E-state index contributed by atoms with van der Waals surface area (Å²) in [5.74, 6) is -5.74. The Balaban J connectivity index is 1.28. The van der Waals surface area contributed by atoms with Gasteiger partial charge in [-0.15, -0.1) is 4.52 Å². The summed E-state index contributed by atoms with van der Waals surface area (Å²) < 4.78 is 63.4. The molecule has 0 amide bonds. The second-order valence-corrected chi connectivity index (χ2v) is 12.3. The highest BCUT2D eigenvalue weighted by molar-refractivity contribution is 7.55. The van der Waals surface area contributed by atoms with Gasteiger partial charge in [-0.2, -0.15) is 28.9 Å². The Kier molecular flexibility index (Phi) is 6.69. The lowest BCUT2D eigenvalue weighted by molar-refractivity contribution is 0.117. The first-order valence-corrected chi connectivity index (χ1v) is 15.6. The van der Waals surface area contributed by atoms with E-state index in [1.54, 1.807) is 0 Å². The Morgan fingerprint density at radius 3 is 2.73 bits per heavy atom. The molecule has 4 aliphatic heterocycles. The summed E-state index contributed by atoms with van der Waals surface area (Å²) in [7, 11) is -10.2. The number of nitrogens with two attached hydrogens (primary N) is 2. The van der Waals surface area contributed by atoms with Crippen LogP contribution in [0.2, 0.25) is 0 Å². The highest BCUT2D eigenvalue weighted by atomic mass is 31.2. The van der Waals surface area contributed by atoms with Crippen molar-refractivity contribution in [2.75, 3.05) is 24.0 Å². The third-order valence-electron chi connectivity index (χ3n) is 6.66. The summed E-state index contributed by atoms with van der Waals surface area (Å²) in [4.78, 5) is 66.0. The molecule has 0 aromatic carbocycles. The van der Waals surface area contributed by atoms with Gasteiger partial charge in [0.1, 0.15) is 18.3 Å². The number of fused-ring (bicyclic) bond motifs is 5. The summed E-state index contributed by atoms with van der Waals surface area (Å²) in [6, 6.07) is 0. The van der Waals surface area contributed by atoms with Gasteiger partial charge < -0.3 is 36.2 Å². The lowest BCUT2D eigenvalue weighted by Crippen LogP contribution is -2.51. The predicted octanol–water partition coefficient (Wildman–Crippen LogP) is -1.29. The van der Waals surface area contributed by atoms with Crippen LogP contribution < -0.4 is 42.4 Å². The van der Waals surface area contributed by atoms with Crippen molar-refractivity contribution < 1.29 is 55.6 Å². The molecule has 2 bridgehead atoms. The number of hydrogen-bond acceptors (Lipinski definition) is 19. The number of nitrogens with one attached hydrogen (secondary N) is 4. The zero-order valence-electron chi connectivity index (χ0n) is 22.2. The molecule has 1 saturated heterocycles. The fraction of sp³-hybridized carbons (Fsp3) is 0.250. The van der Waals surface area contributed by atoms with Crippen molar-refractivity contribution in [1.29, 1.82) is 0 Å². The van der Waals surface area contributed by atoms with Gasteiger partial charge in [0.15, 0.2) is 35.6 Å². The first kappa shape index (κ1) is 29.3. The van der Waals surface area contributed by atoms with Crippen LogP contribution in [-0.4, -0.2) is 64.8 Å². The van der Waals surface area contributed by atoms with E-state index in [-0.39, 0.29) is 30.4 Å². The number of H-pyrrole nitrogens is 1. The molecule has 12 N–H and O–H groups in total. The van der Waals surface area contributed by atoms with Gasteiger partial charge in [0, 0.05) is 0 Å². The molecule has 1 fully saturated rings. The van der Waals surface area contributed by atoms with E-state index < -0.39 is 81.5 Å². The number of aromatic nitrogens is 4. The summed E-state index contributed by atoms with van der Waals surface area (Å²) in [6.45, 7) is -0.822. The molecule has 0 spiro atoms. The normalized spacial score (nSPS) is 25.2. The summed E-state index contributed by atoms with van der Waals surface area (Å²) >= 11 is 0. The standard InChI is InChI=1S/C20H21F2N10O11P2/c21-8-6-1-38-44(34,35)42-12-7(41-18(9(12)22)31-4-27-10-14(23)25-3-26-15(10)31)2-39-45(36,37)43-13(8)19(40-6)32-5-28-11-16(32)29-20(24)30-17(11)33/h1,5,8,15,25-27,34-37H,2-4,23H2,(H2-,24,29,30,33)/q+1/p+1/b6-1+/t8-,15?/m1/s1. The van der Waals surface area contributed by atoms with Crippen LogP contribution in [0.4, 0.5) is 20.6 Å². The highest BCUT2D eigenvalue weighted by Crippen LogP contribution is 2.60. The predicted molar refractivity (Wildman–Crippen MR) is 145 cm³/mol. The topological polar surface area (TPSA) is 295 Å². The number of hydrogen-bond donors (Lipinski definition) is 10. The second-order valence-electron chi connectivity index (χ2n) is 9.50. The Labute approximate surface area is 248 Å². The van der Waals surface area contributed by atoms with E-state index in [1.165, 1.54) is 4.90 Å². The molecule has 3 aromatic heterocycles. The smallest absolute Gasteiger partial charge is 0.435 e. The molecule has 3 aromatic rings. The number of furan rings is 1. The number of imidazole rings is 1. The van der Waals surface area contributed by atoms with E-state index >= 15 is 8.78 Å². The van der Waals surface area contributed by atoms with Crippen LogP contribution >= 0.6 is 16.3 Å². The van der Waals surface area contributed by atoms with Gasteiger partial charge in [-0.25, -0.2) is 18.5 Å². The molecule has 4 aliphatic rings. The lowest BCUT2D eigenvalue weighted by atomic mass is 10.3. The van der Waals surface area contributed by atoms with E-state index in [4.69, 9.17) is 38.7 Å². The Morgan fingerprint density at radius 2 is 1.93 bits per heavy atom. The molecule has 0 radical (unpaired) electrons. The van der Waals surface area contributed by atoms with Crippen molar-refractivity contribution in [3.63, 3.8) is 0 Å². The Morgan fingerprint density at radius 1 is 1.13 bits per heavy atom. The first-order chi connectivity index (χ1) is 21.3. The van der Waals surface area contributed by atoms with Crippen LogP contribution in [0.15, 0.2) is 44.8 Å². The maximum Gasteiger partial charge on any atom is 0.663 e. The summed E-state index contributed by atoms with van der Waals surface area (Å²) in [5.41, 5.74) is 10.8. The van der Waals surface area contributed by atoms with Crippen LogP contribution in [0.3, 0.4) is 0 Å². The van der Waals surface area contributed by atoms with Crippen molar-refractivity contribution in [3.8, 4) is 5.75 Å². The SMILES string of the molecule is NC1=C2NCN(c3oc4c(c3F)O[P+](O)(O)O/C=C3/OC(n5cnc6c(=O)[nH]c(N)nc65)=C(O[P+](O)(O)OC4)[C@@H]3F)C2NCN1. The molecule has 0 aliphatic carbocycles. The number of nitrogen functional groups attached to an aromatic ring is 1. The zero-order valence-corrected chi connectivity index (χ0v) is 24.0. The van der Waals surface area contributed by atoms with Crippen LogP contribution in [0, 0.1) is 5.82 Å². The molecule has 45 heavy (non-hydrogen) atoms. The molecule has 25 heteroatoms. The molecular weight excluding hydrogens is 656 g/mol. The number of rotatable bonds is 2. The number of nitrogens with zero attached hydrogens (tertiary/aromatic N) is 4. The third-order valence-corrected chi connectivity index (χ3v) is 8.36. The Hall–Kier alpha value is -4.47.